The molecule has 3 aliphatic rings. The van der Waals surface area contributed by atoms with E-state index in [-0.39, 0.29) is 17.8 Å². The maximum atomic E-state index is 13.0. The van der Waals surface area contributed by atoms with Gasteiger partial charge >= 0.3 is 5.97 Å². The van der Waals surface area contributed by atoms with E-state index < -0.39 is 0 Å². The Morgan fingerprint density at radius 2 is 1.94 bits per heavy atom. The Labute approximate surface area is 187 Å². The number of rotatable bonds is 5. The Balaban J connectivity index is 1.24. The highest BCUT2D eigenvalue weighted by atomic mass is 16.5. The number of methoxy groups -OCH3 is 1. The van der Waals surface area contributed by atoms with E-state index in [1.165, 1.54) is 12.7 Å². The van der Waals surface area contributed by atoms with Crippen LogP contribution < -0.4 is 4.74 Å². The van der Waals surface area contributed by atoms with E-state index in [4.69, 9.17) is 14.0 Å². The average Bonchev–Trinajstić information content (AvgIpc) is 3.59. The van der Waals surface area contributed by atoms with Crippen LogP contribution in [0.25, 0.3) is 0 Å². The van der Waals surface area contributed by atoms with Gasteiger partial charge in [0.2, 0.25) is 0 Å². The summed E-state index contributed by atoms with van der Waals surface area (Å²) in [5, 5.41) is 4.01. The molecule has 8 nitrogen and oxygen atoms in total. The van der Waals surface area contributed by atoms with E-state index in [0.29, 0.717) is 31.3 Å². The number of amides is 1. The molecule has 0 N–H and O–H groups in total. The third-order valence-corrected chi connectivity index (χ3v) is 6.65. The molecule has 0 unspecified atom stereocenters. The molecular weight excluding hydrogens is 410 g/mol. The van der Waals surface area contributed by atoms with Gasteiger partial charge in [0, 0.05) is 30.6 Å². The predicted octanol–water partition coefficient (Wildman–Crippen LogP) is 2.97. The lowest BCUT2D eigenvalue weighted by Gasteiger charge is -2.30. The first-order valence-corrected chi connectivity index (χ1v) is 11.4. The summed E-state index contributed by atoms with van der Waals surface area (Å²) in [4.78, 5) is 28.9. The van der Waals surface area contributed by atoms with Gasteiger partial charge in [-0.1, -0.05) is 11.2 Å². The van der Waals surface area contributed by atoms with Gasteiger partial charge in [-0.25, -0.2) is 0 Å². The molecule has 1 aromatic heterocycles. The smallest absolute Gasteiger partial charge is 0.308 e. The van der Waals surface area contributed by atoms with Gasteiger partial charge in [-0.3, -0.25) is 14.5 Å². The molecule has 0 atom stereocenters. The summed E-state index contributed by atoms with van der Waals surface area (Å²) in [5.41, 5.74) is 2.55. The Morgan fingerprint density at radius 1 is 1.12 bits per heavy atom. The highest BCUT2D eigenvalue weighted by Crippen LogP contribution is 2.40. The number of hydrogen-bond donors (Lipinski definition) is 0. The summed E-state index contributed by atoms with van der Waals surface area (Å²) in [6.07, 6.45) is 3.86. The molecule has 2 aromatic rings. The fraction of sp³-hybridized carbons (Fsp3) is 0.542. The predicted molar refractivity (Wildman–Crippen MR) is 115 cm³/mol. The van der Waals surface area contributed by atoms with Crippen molar-refractivity contribution in [2.45, 2.75) is 44.7 Å². The lowest BCUT2D eigenvalue weighted by molar-refractivity contribution is -0.147. The van der Waals surface area contributed by atoms with Crippen molar-refractivity contribution in [1.29, 1.82) is 0 Å². The van der Waals surface area contributed by atoms with Gasteiger partial charge in [0.05, 0.1) is 19.6 Å². The normalized spacial score (nSPS) is 19.7. The van der Waals surface area contributed by atoms with Crippen LogP contribution in [0.4, 0.5) is 0 Å². The zero-order chi connectivity index (χ0) is 22.1. The molecule has 2 aliphatic heterocycles. The summed E-state index contributed by atoms with van der Waals surface area (Å²) in [6, 6.07) is 8.01. The third-order valence-electron chi connectivity index (χ3n) is 6.65. The number of nitrogens with zero attached hydrogens (tertiary/aromatic N) is 3. The summed E-state index contributed by atoms with van der Waals surface area (Å²) in [5.74, 6) is 1.86. The van der Waals surface area contributed by atoms with E-state index in [1.54, 1.807) is 11.0 Å². The minimum Gasteiger partial charge on any atom is -0.491 e. The molecule has 170 valence electrons. The van der Waals surface area contributed by atoms with E-state index in [9.17, 15) is 9.59 Å². The molecule has 1 amide bonds. The highest BCUT2D eigenvalue weighted by molar-refractivity contribution is 5.92. The van der Waals surface area contributed by atoms with Crippen molar-refractivity contribution in [3.05, 3.63) is 46.8 Å². The zero-order valence-corrected chi connectivity index (χ0v) is 18.4. The summed E-state index contributed by atoms with van der Waals surface area (Å²) < 4.78 is 16.2. The lowest BCUT2D eigenvalue weighted by Crippen LogP contribution is -2.36. The van der Waals surface area contributed by atoms with Crippen molar-refractivity contribution < 1.29 is 23.6 Å². The molecule has 1 saturated heterocycles. The van der Waals surface area contributed by atoms with Gasteiger partial charge in [-0.05, 0) is 56.5 Å². The number of benzene rings is 1. The quantitative estimate of drug-likeness (QED) is 0.662. The first-order valence-electron chi connectivity index (χ1n) is 11.4. The molecule has 1 saturated carbocycles. The monoisotopic (exact) mass is 439 g/mol. The van der Waals surface area contributed by atoms with Crippen LogP contribution >= 0.6 is 0 Å². The number of piperidine rings is 1. The second-order valence-electron chi connectivity index (χ2n) is 8.98. The molecule has 5 rings (SSSR count). The zero-order valence-electron chi connectivity index (χ0n) is 18.4. The lowest BCUT2D eigenvalue weighted by atomic mass is 9.96. The van der Waals surface area contributed by atoms with Crippen LogP contribution in [0, 0.1) is 5.92 Å². The van der Waals surface area contributed by atoms with Crippen molar-refractivity contribution in [3.8, 4) is 5.75 Å². The number of aromatic nitrogens is 1. The SMILES string of the molecule is COC(=O)C1CCN(Cc2ccc3c(c2)CN(C(=O)c2cc(C4CC4)on2)CCO3)CC1. The van der Waals surface area contributed by atoms with E-state index >= 15 is 0 Å². The van der Waals surface area contributed by atoms with Crippen LogP contribution in [0.1, 0.15) is 59.0 Å². The van der Waals surface area contributed by atoms with Gasteiger partial charge in [0.1, 0.15) is 18.1 Å². The van der Waals surface area contributed by atoms with E-state index in [0.717, 1.165) is 62.4 Å². The topological polar surface area (TPSA) is 85.1 Å². The van der Waals surface area contributed by atoms with Crippen LogP contribution in [0.5, 0.6) is 5.75 Å². The Bertz CT molecular complexity index is 991. The standard InChI is InChI=1S/C24H29N3O5/c1-30-24(29)18-6-8-26(9-7-18)14-16-2-5-21-19(12-16)15-27(10-11-31-21)23(28)20-13-22(32-25-20)17-3-4-17/h2,5,12-13,17-18H,3-4,6-11,14-15H2,1H3. The van der Waals surface area contributed by atoms with Crippen molar-refractivity contribution in [2.24, 2.45) is 5.92 Å². The molecule has 1 aliphatic carbocycles. The van der Waals surface area contributed by atoms with Gasteiger partial charge in [-0.15, -0.1) is 0 Å². The van der Waals surface area contributed by atoms with Gasteiger partial charge in [-0.2, -0.15) is 0 Å². The number of likely N-dealkylation sites (tertiary alicyclic amines) is 1. The van der Waals surface area contributed by atoms with Crippen molar-refractivity contribution >= 4 is 11.9 Å². The molecule has 0 bridgehead atoms. The minimum absolute atomic E-state index is 0.00762. The number of carbonyl (C=O) groups is 2. The Morgan fingerprint density at radius 3 is 2.69 bits per heavy atom. The summed E-state index contributed by atoms with van der Waals surface area (Å²) in [6.45, 7) is 3.99. The molecule has 1 aromatic carbocycles. The van der Waals surface area contributed by atoms with E-state index in [2.05, 4.69) is 22.2 Å². The summed E-state index contributed by atoms with van der Waals surface area (Å²) >= 11 is 0. The molecule has 3 heterocycles. The van der Waals surface area contributed by atoms with E-state index in [1.807, 2.05) is 6.07 Å². The number of ether oxygens (including phenoxy) is 2. The molecule has 0 spiro atoms. The van der Waals surface area contributed by atoms with Crippen molar-refractivity contribution in [1.82, 2.24) is 15.0 Å². The minimum atomic E-state index is -0.118. The Kier molecular flexibility index (Phi) is 5.87. The van der Waals surface area contributed by atoms with Crippen LogP contribution in [0.15, 0.2) is 28.8 Å². The second kappa shape index (κ2) is 8.94. The number of fused-ring (bicyclic) bond motifs is 1. The fourth-order valence-corrected chi connectivity index (χ4v) is 4.58. The number of hydrogen-bond acceptors (Lipinski definition) is 7. The van der Waals surface area contributed by atoms with Crippen molar-refractivity contribution in [3.63, 3.8) is 0 Å². The molecule has 0 radical (unpaired) electrons. The van der Waals surface area contributed by atoms with Crippen LogP contribution in [0.2, 0.25) is 0 Å². The van der Waals surface area contributed by atoms with Crippen LogP contribution in [0.3, 0.4) is 0 Å². The number of esters is 1. The maximum Gasteiger partial charge on any atom is 0.308 e. The van der Waals surface area contributed by atoms with Crippen LogP contribution in [-0.2, 0) is 22.6 Å². The fourth-order valence-electron chi connectivity index (χ4n) is 4.58. The van der Waals surface area contributed by atoms with Gasteiger partial charge < -0.3 is 18.9 Å². The highest BCUT2D eigenvalue weighted by Gasteiger charge is 2.31. The first kappa shape index (κ1) is 21.0. The third kappa shape index (κ3) is 4.50. The van der Waals surface area contributed by atoms with Gasteiger partial charge in [0.15, 0.2) is 5.69 Å². The summed E-state index contributed by atoms with van der Waals surface area (Å²) in [7, 11) is 1.45. The maximum absolute atomic E-state index is 13.0. The Hall–Kier alpha value is -2.87. The second-order valence-corrected chi connectivity index (χ2v) is 8.98. The molecular formula is C24H29N3O5. The van der Waals surface area contributed by atoms with Gasteiger partial charge in [0.25, 0.3) is 5.91 Å². The average molecular weight is 440 g/mol. The molecule has 2 fully saturated rings. The van der Waals surface area contributed by atoms with Crippen LogP contribution in [-0.4, -0.2) is 60.2 Å². The van der Waals surface area contributed by atoms with Crippen molar-refractivity contribution in [2.75, 3.05) is 33.4 Å². The molecule has 32 heavy (non-hydrogen) atoms. The number of carbonyl (C=O) groups excluding carboxylic acids is 2. The molecule has 8 heteroatoms. The first-order chi connectivity index (χ1) is 15.6. The largest absolute Gasteiger partial charge is 0.491 e.